The molecule has 3 aromatic rings. The van der Waals surface area contributed by atoms with E-state index < -0.39 is 0 Å². The Bertz CT molecular complexity index is 758. The van der Waals surface area contributed by atoms with E-state index in [9.17, 15) is 4.79 Å². The SMILES string of the molecule is COc1ccc(Cn2ncc3c(=O)[nH]cnc32)cc1. The first-order valence-electron chi connectivity index (χ1n) is 5.80. The third-order valence-corrected chi connectivity index (χ3v) is 2.93. The van der Waals surface area contributed by atoms with Gasteiger partial charge >= 0.3 is 0 Å². The van der Waals surface area contributed by atoms with Crippen molar-refractivity contribution in [2.24, 2.45) is 0 Å². The molecule has 6 heteroatoms. The molecule has 0 atom stereocenters. The first kappa shape index (κ1) is 11.5. The van der Waals surface area contributed by atoms with Crippen molar-refractivity contribution in [3.63, 3.8) is 0 Å². The lowest BCUT2D eigenvalue weighted by molar-refractivity contribution is 0.414. The maximum atomic E-state index is 11.6. The van der Waals surface area contributed by atoms with Crippen LogP contribution in [0, 0.1) is 0 Å². The van der Waals surface area contributed by atoms with Gasteiger partial charge in [0.15, 0.2) is 5.65 Å². The van der Waals surface area contributed by atoms with E-state index in [1.807, 2.05) is 24.3 Å². The van der Waals surface area contributed by atoms with Crippen molar-refractivity contribution in [2.45, 2.75) is 6.54 Å². The number of benzene rings is 1. The van der Waals surface area contributed by atoms with Crippen LogP contribution in [0.1, 0.15) is 5.56 Å². The van der Waals surface area contributed by atoms with Gasteiger partial charge in [-0.3, -0.25) is 4.79 Å². The Hall–Kier alpha value is -2.63. The fraction of sp³-hybridized carbons (Fsp3) is 0.154. The maximum absolute atomic E-state index is 11.6. The predicted octanol–water partition coefficient (Wildman–Crippen LogP) is 1.18. The molecule has 96 valence electrons. The molecular weight excluding hydrogens is 244 g/mol. The van der Waals surface area contributed by atoms with Crippen LogP contribution in [0.5, 0.6) is 5.75 Å². The molecule has 0 amide bonds. The van der Waals surface area contributed by atoms with Gasteiger partial charge in [-0.2, -0.15) is 5.10 Å². The van der Waals surface area contributed by atoms with Crippen LogP contribution in [0.4, 0.5) is 0 Å². The van der Waals surface area contributed by atoms with Crippen molar-refractivity contribution >= 4 is 11.0 Å². The third kappa shape index (κ3) is 2.08. The second kappa shape index (κ2) is 4.56. The fourth-order valence-corrected chi connectivity index (χ4v) is 1.92. The lowest BCUT2D eigenvalue weighted by atomic mass is 10.2. The van der Waals surface area contributed by atoms with Gasteiger partial charge in [0.1, 0.15) is 11.1 Å². The number of aromatic nitrogens is 4. The number of ether oxygens (including phenoxy) is 1. The number of fused-ring (bicyclic) bond motifs is 1. The Morgan fingerprint density at radius 3 is 2.84 bits per heavy atom. The summed E-state index contributed by atoms with van der Waals surface area (Å²) in [5, 5.41) is 4.69. The molecule has 19 heavy (non-hydrogen) atoms. The molecule has 6 nitrogen and oxygen atoms in total. The highest BCUT2D eigenvalue weighted by molar-refractivity contribution is 5.72. The fourth-order valence-electron chi connectivity index (χ4n) is 1.92. The quantitative estimate of drug-likeness (QED) is 0.763. The Morgan fingerprint density at radius 1 is 1.32 bits per heavy atom. The largest absolute Gasteiger partial charge is 0.497 e. The van der Waals surface area contributed by atoms with Gasteiger partial charge in [0.25, 0.3) is 5.56 Å². The standard InChI is InChI=1S/C13H12N4O2/c1-19-10-4-2-9(3-5-10)7-17-12-11(6-16-17)13(18)15-8-14-12/h2-6,8H,7H2,1H3,(H,14,15,18). The zero-order chi connectivity index (χ0) is 13.2. The zero-order valence-electron chi connectivity index (χ0n) is 10.3. The first-order valence-corrected chi connectivity index (χ1v) is 5.80. The van der Waals surface area contributed by atoms with Crippen LogP contribution < -0.4 is 10.3 Å². The molecule has 2 heterocycles. The lowest BCUT2D eigenvalue weighted by Gasteiger charge is -2.04. The minimum absolute atomic E-state index is 0.175. The highest BCUT2D eigenvalue weighted by Crippen LogP contribution is 2.13. The van der Waals surface area contributed by atoms with Crippen LogP contribution >= 0.6 is 0 Å². The van der Waals surface area contributed by atoms with E-state index >= 15 is 0 Å². The zero-order valence-corrected chi connectivity index (χ0v) is 10.3. The van der Waals surface area contributed by atoms with E-state index in [-0.39, 0.29) is 5.56 Å². The monoisotopic (exact) mass is 256 g/mol. The molecule has 0 radical (unpaired) electrons. The molecule has 0 saturated carbocycles. The Morgan fingerprint density at radius 2 is 2.11 bits per heavy atom. The number of H-pyrrole nitrogens is 1. The highest BCUT2D eigenvalue weighted by Gasteiger charge is 2.07. The molecular formula is C13H12N4O2. The summed E-state index contributed by atoms with van der Waals surface area (Å²) in [6.07, 6.45) is 2.92. The number of methoxy groups -OCH3 is 1. The molecule has 0 aliphatic carbocycles. The Labute approximate surface area is 108 Å². The Kier molecular flexibility index (Phi) is 2.75. The Balaban J connectivity index is 1.96. The summed E-state index contributed by atoms with van der Waals surface area (Å²) in [5.41, 5.74) is 1.47. The summed E-state index contributed by atoms with van der Waals surface area (Å²) in [6, 6.07) is 7.70. The van der Waals surface area contributed by atoms with Crippen LogP contribution in [0.25, 0.3) is 11.0 Å². The lowest BCUT2D eigenvalue weighted by Crippen LogP contribution is -2.08. The van der Waals surface area contributed by atoms with Gasteiger partial charge in [-0.15, -0.1) is 0 Å². The van der Waals surface area contributed by atoms with Gasteiger partial charge in [-0.05, 0) is 17.7 Å². The molecule has 0 unspecified atom stereocenters. The smallest absolute Gasteiger partial charge is 0.261 e. The average Bonchev–Trinajstić information content (AvgIpc) is 2.84. The van der Waals surface area contributed by atoms with Gasteiger partial charge in [0, 0.05) is 0 Å². The summed E-state index contributed by atoms with van der Waals surface area (Å²) in [4.78, 5) is 18.2. The second-order valence-electron chi connectivity index (χ2n) is 4.12. The van der Waals surface area contributed by atoms with Gasteiger partial charge in [0.05, 0.1) is 26.2 Å². The number of nitrogens with zero attached hydrogens (tertiary/aromatic N) is 3. The summed E-state index contributed by atoms with van der Waals surface area (Å²) < 4.78 is 6.81. The second-order valence-corrected chi connectivity index (χ2v) is 4.12. The van der Waals surface area contributed by atoms with E-state index in [0.29, 0.717) is 17.6 Å². The van der Waals surface area contributed by atoms with E-state index in [2.05, 4.69) is 15.1 Å². The van der Waals surface area contributed by atoms with Crippen molar-refractivity contribution in [1.82, 2.24) is 19.7 Å². The topological polar surface area (TPSA) is 72.8 Å². The summed E-state index contributed by atoms with van der Waals surface area (Å²) in [6.45, 7) is 0.559. The van der Waals surface area contributed by atoms with Gasteiger partial charge in [-0.1, -0.05) is 12.1 Å². The highest BCUT2D eigenvalue weighted by atomic mass is 16.5. The summed E-state index contributed by atoms with van der Waals surface area (Å²) in [7, 11) is 1.63. The third-order valence-electron chi connectivity index (χ3n) is 2.93. The van der Waals surface area contributed by atoms with Gasteiger partial charge < -0.3 is 9.72 Å². The normalized spacial score (nSPS) is 10.8. The summed E-state index contributed by atoms with van der Waals surface area (Å²) >= 11 is 0. The van der Waals surface area contributed by atoms with Crippen molar-refractivity contribution in [1.29, 1.82) is 0 Å². The number of hydrogen-bond acceptors (Lipinski definition) is 4. The summed E-state index contributed by atoms with van der Waals surface area (Å²) in [5.74, 6) is 0.809. The van der Waals surface area contributed by atoms with Crippen molar-refractivity contribution in [3.8, 4) is 5.75 Å². The van der Waals surface area contributed by atoms with E-state index in [4.69, 9.17) is 4.74 Å². The first-order chi connectivity index (χ1) is 9.28. The molecule has 0 saturated heterocycles. The molecule has 1 N–H and O–H groups in total. The van der Waals surface area contributed by atoms with Crippen molar-refractivity contribution in [2.75, 3.05) is 7.11 Å². The molecule has 0 spiro atoms. The van der Waals surface area contributed by atoms with Crippen LogP contribution in [0.3, 0.4) is 0 Å². The predicted molar refractivity (Wildman–Crippen MR) is 70.2 cm³/mol. The number of nitrogens with one attached hydrogen (secondary N) is 1. The molecule has 0 aliphatic rings. The van der Waals surface area contributed by atoms with Gasteiger partial charge in [0.2, 0.25) is 0 Å². The van der Waals surface area contributed by atoms with Crippen LogP contribution in [-0.4, -0.2) is 26.9 Å². The number of aromatic amines is 1. The van der Waals surface area contributed by atoms with Gasteiger partial charge in [-0.25, -0.2) is 9.67 Å². The number of hydrogen-bond donors (Lipinski definition) is 1. The molecule has 1 aromatic carbocycles. The molecule has 0 aliphatic heterocycles. The molecule has 0 bridgehead atoms. The molecule has 3 rings (SSSR count). The van der Waals surface area contributed by atoms with Crippen molar-refractivity contribution in [3.05, 3.63) is 52.7 Å². The minimum Gasteiger partial charge on any atom is -0.497 e. The van der Waals surface area contributed by atoms with Crippen LogP contribution in [-0.2, 0) is 6.54 Å². The average molecular weight is 256 g/mol. The molecule has 0 fully saturated rings. The minimum atomic E-state index is -0.175. The van der Waals surface area contributed by atoms with Crippen LogP contribution in [0.2, 0.25) is 0 Å². The van der Waals surface area contributed by atoms with Crippen molar-refractivity contribution < 1.29 is 4.74 Å². The maximum Gasteiger partial charge on any atom is 0.261 e. The van der Waals surface area contributed by atoms with E-state index in [0.717, 1.165) is 11.3 Å². The number of rotatable bonds is 3. The van der Waals surface area contributed by atoms with E-state index in [1.165, 1.54) is 12.5 Å². The van der Waals surface area contributed by atoms with Crippen LogP contribution in [0.15, 0.2) is 41.6 Å². The molecule has 2 aromatic heterocycles. The van der Waals surface area contributed by atoms with E-state index in [1.54, 1.807) is 11.8 Å².